The Labute approximate surface area is 122 Å². The second kappa shape index (κ2) is 7.73. The molecule has 1 atom stereocenters. The zero-order chi connectivity index (χ0) is 13.0. The van der Waals surface area contributed by atoms with Crippen LogP contribution >= 0.6 is 12.4 Å². The van der Waals surface area contributed by atoms with Gasteiger partial charge < -0.3 is 10.1 Å². The summed E-state index contributed by atoms with van der Waals surface area (Å²) in [5, 5.41) is 3.47. The maximum Gasteiger partial charge on any atom is 0.124 e. The fourth-order valence-electron chi connectivity index (χ4n) is 2.40. The number of para-hydroxylation sites is 1. The Hall–Kier alpha value is -0.770. The summed E-state index contributed by atoms with van der Waals surface area (Å²) in [6.07, 6.45) is 0.230. The molecule has 1 aliphatic heterocycles. The van der Waals surface area contributed by atoms with Crippen molar-refractivity contribution in [1.82, 2.24) is 10.2 Å². The van der Waals surface area contributed by atoms with E-state index in [1.54, 1.807) is 0 Å². The van der Waals surface area contributed by atoms with Gasteiger partial charge in [0.1, 0.15) is 5.75 Å². The molecule has 0 radical (unpaired) electrons. The van der Waals surface area contributed by atoms with Crippen molar-refractivity contribution in [3.63, 3.8) is 0 Å². The molecule has 0 bridgehead atoms. The van der Waals surface area contributed by atoms with E-state index in [0.717, 1.165) is 31.9 Å². The highest BCUT2D eigenvalue weighted by atomic mass is 35.5. The third kappa shape index (κ3) is 5.01. The van der Waals surface area contributed by atoms with Gasteiger partial charge in [0.25, 0.3) is 0 Å². The van der Waals surface area contributed by atoms with Gasteiger partial charge in [-0.2, -0.15) is 0 Å². The van der Waals surface area contributed by atoms with Crippen LogP contribution < -0.4 is 10.1 Å². The molecule has 1 aromatic carbocycles. The Morgan fingerprint density at radius 2 is 2.11 bits per heavy atom. The van der Waals surface area contributed by atoms with Crippen LogP contribution in [-0.4, -0.2) is 36.7 Å². The standard InChI is InChI=1S/C15H24N2O.ClH/c1-12(2)18-15-7-5-4-6-14(15)11-17-9-8-16-13(3)10-17;/h4-7,12-13,16H,8-11H2,1-3H3;1H. The maximum atomic E-state index is 5.87. The number of hydrogen-bond acceptors (Lipinski definition) is 3. The molecule has 1 saturated heterocycles. The Balaban J connectivity index is 0.00000180. The first-order valence-electron chi connectivity index (χ1n) is 6.85. The van der Waals surface area contributed by atoms with Crippen molar-refractivity contribution < 1.29 is 4.74 Å². The number of piperazine rings is 1. The lowest BCUT2D eigenvalue weighted by molar-refractivity contribution is 0.191. The van der Waals surface area contributed by atoms with Crippen molar-refractivity contribution in [3.8, 4) is 5.75 Å². The molecule has 0 saturated carbocycles. The molecule has 1 aromatic rings. The van der Waals surface area contributed by atoms with E-state index in [-0.39, 0.29) is 18.5 Å². The Kier molecular flexibility index (Phi) is 6.63. The van der Waals surface area contributed by atoms with Crippen LogP contribution in [0.4, 0.5) is 0 Å². The molecule has 19 heavy (non-hydrogen) atoms. The monoisotopic (exact) mass is 284 g/mol. The van der Waals surface area contributed by atoms with Gasteiger partial charge in [-0.05, 0) is 26.8 Å². The van der Waals surface area contributed by atoms with Gasteiger partial charge in [-0.15, -0.1) is 12.4 Å². The highest BCUT2D eigenvalue weighted by molar-refractivity contribution is 5.85. The average Bonchev–Trinajstić information content (AvgIpc) is 2.31. The fraction of sp³-hybridized carbons (Fsp3) is 0.600. The minimum Gasteiger partial charge on any atom is -0.491 e. The minimum absolute atomic E-state index is 0. The Morgan fingerprint density at radius 3 is 2.79 bits per heavy atom. The van der Waals surface area contributed by atoms with Crippen molar-refractivity contribution in [1.29, 1.82) is 0 Å². The largest absolute Gasteiger partial charge is 0.491 e. The summed E-state index contributed by atoms with van der Waals surface area (Å²) in [5.41, 5.74) is 1.29. The van der Waals surface area contributed by atoms with Gasteiger partial charge in [0.05, 0.1) is 6.10 Å². The highest BCUT2D eigenvalue weighted by Gasteiger charge is 2.17. The first kappa shape index (κ1) is 16.3. The Morgan fingerprint density at radius 1 is 1.37 bits per heavy atom. The molecule has 0 spiro atoms. The van der Waals surface area contributed by atoms with Gasteiger partial charge in [-0.3, -0.25) is 4.90 Å². The molecule has 108 valence electrons. The second-order valence-electron chi connectivity index (χ2n) is 5.36. The highest BCUT2D eigenvalue weighted by Crippen LogP contribution is 2.21. The molecule has 0 aromatic heterocycles. The van der Waals surface area contributed by atoms with E-state index in [9.17, 15) is 0 Å². The molecular formula is C15H25ClN2O. The van der Waals surface area contributed by atoms with Crippen LogP contribution in [0, 0.1) is 0 Å². The SMILES string of the molecule is CC1CN(Cc2ccccc2OC(C)C)CCN1.Cl. The number of nitrogens with one attached hydrogen (secondary N) is 1. The lowest BCUT2D eigenvalue weighted by Gasteiger charge is -2.32. The third-order valence-corrected chi connectivity index (χ3v) is 3.18. The molecule has 1 fully saturated rings. The summed E-state index contributed by atoms with van der Waals surface area (Å²) in [6, 6.07) is 8.96. The van der Waals surface area contributed by atoms with Crippen molar-refractivity contribution >= 4 is 12.4 Å². The van der Waals surface area contributed by atoms with Crippen LogP contribution in [0.25, 0.3) is 0 Å². The van der Waals surface area contributed by atoms with Gasteiger partial charge in [-0.25, -0.2) is 0 Å². The number of rotatable bonds is 4. The van der Waals surface area contributed by atoms with Crippen LogP contribution in [0.5, 0.6) is 5.75 Å². The van der Waals surface area contributed by atoms with Crippen LogP contribution in [0.1, 0.15) is 26.3 Å². The molecule has 0 amide bonds. The molecule has 3 nitrogen and oxygen atoms in total. The van der Waals surface area contributed by atoms with E-state index < -0.39 is 0 Å². The molecule has 1 N–H and O–H groups in total. The van der Waals surface area contributed by atoms with Crippen LogP contribution in [-0.2, 0) is 6.54 Å². The van der Waals surface area contributed by atoms with Crippen LogP contribution in [0.15, 0.2) is 24.3 Å². The quantitative estimate of drug-likeness (QED) is 0.920. The number of benzene rings is 1. The molecule has 4 heteroatoms. The number of halogens is 1. The predicted octanol–water partition coefficient (Wildman–Crippen LogP) is 2.69. The van der Waals surface area contributed by atoms with E-state index >= 15 is 0 Å². The lowest BCUT2D eigenvalue weighted by Crippen LogP contribution is -2.48. The second-order valence-corrected chi connectivity index (χ2v) is 5.36. The van der Waals surface area contributed by atoms with E-state index in [4.69, 9.17) is 4.74 Å². The third-order valence-electron chi connectivity index (χ3n) is 3.18. The van der Waals surface area contributed by atoms with Crippen molar-refractivity contribution in [2.75, 3.05) is 19.6 Å². The van der Waals surface area contributed by atoms with Gasteiger partial charge in [0.15, 0.2) is 0 Å². The van der Waals surface area contributed by atoms with Crippen molar-refractivity contribution in [3.05, 3.63) is 29.8 Å². The summed E-state index contributed by atoms with van der Waals surface area (Å²) in [7, 11) is 0. The zero-order valence-corrected chi connectivity index (χ0v) is 12.9. The summed E-state index contributed by atoms with van der Waals surface area (Å²) in [4.78, 5) is 2.49. The number of nitrogens with zero attached hydrogens (tertiary/aromatic N) is 1. The summed E-state index contributed by atoms with van der Waals surface area (Å²) in [6.45, 7) is 10.7. The van der Waals surface area contributed by atoms with Crippen LogP contribution in [0.3, 0.4) is 0 Å². The van der Waals surface area contributed by atoms with Crippen molar-refractivity contribution in [2.45, 2.75) is 39.5 Å². The smallest absolute Gasteiger partial charge is 0.124 e. The number of hydrogen-bond donors (Lipinski definition) is 1. The molecule has 1 unspecified atom stereocenters. The number of ether oxygens (including phenoxy) is 1. The zero-order valence-electron chi connectivity index (χ0n) is 12.1. The van der Waals surface area contributed by atoms with Gasteiger partial charge in [0.2, 0.25) is 0 Å². The topological polar surface area (TPSA) is 24.5 Å². The first-order valence-corrected chi connectivity index (χ1v) is 6.85. The Bertz CT molecular complexity index is 384. The van der Waals surface area contributed by atoms with Gasteiger partial charge in [-0.1, -0.05) is 18.2 Å². The minimum atomic E-state index is 0. The predicted molar refractivity (Wildman–Crippen MR) is 82.2 cm³/mol. The summed E-state index contributed by atoms with van der Waals surface area (Å²) < 4.78 is 5.87. The van der Waals surface area contributed by atoms with E-state index in [1.165, 1.54) is 5.56 Å². The molecule has 2 rings (SSSR count). The maximum absolute atomic E-state index is 5.87. The molecular weight excluding hydrogens is 260 g/mol. The molecule has 1 aliphatic rings. The average molecular weight is 285 g/mol. The van der Waals surface area contributed by atoms with E-state index in [1.807, 2.05) is 6.07 Å². The summed E-state index contributed by atoms with van der Waals surface area (Å²) >= 11 is 0. The lowest BCUT2D eigenvalue weighted by atomic mass is 10.1. The van der Waals surface area contributed by atoms with E-state index in [0.29, 0.717) is 6.04 Å². The normalized spacial score (nSPS) is 20.1. The fourth-order valence-corrected chi connectivity index (χ4v) is 2.40. The first-order chi connectivity index (χ1) is 8.65. The van der Waals surface area contributed by atoms with Gasteiger partial charge in [0, 0.05) is 37.8 Å². The van der Waals surface area contributed by atoms with Crippen LogP contribution in [0.2, 0.25) is 0 Å². The van der Waals surface area contributed by atoms with Crippen molar-refractivity contribution in [2.24, 2.45) is 0 Å². The van der Waals surface area contributed by atoms with E-state index in [2.05, 4.69) is 49.2 Å². The molecule has 1 heterocycles. The summed E-state index contributed by atoms with van der Waals surface area (Å²) in [5.74, 6) is 1.03. The van der Waals surface area contributed by atoms with Gasteiger partial charge >= 0.3 is 0 Å². The molecule has 0 aliphatic carbocycles.